The summed E-state index contributed by atoms with van der Waals surface area (Å²) in [6.07, 6.45) is 0.383. The van der Waals surface area contributed by atoms with Gasteiger partial charge in [0.25, 0.3) is 0 Å². The largest absolute Gasteiger partial charge is 0.466 e. The minimum absolute atomic E-state index is 0.170. The van der Waals surface area contributed by atoms with Crippen LogP contribution in [0.3, 0.4) is 0 Å². The van der Waals surface area contributed by atoms with Crippen LogP contribution < -0.4 is 10.1 Å². The summed E-state index contributed by atoms with van der Waals surface area (Å²) in [5, 5.41) is 3.23. The van der Waals surface area contributed by atoms with E-state index in [9.17, 15) is 4.79 Å². The average Bonchev–Trinajstić information content (AvgIpc) is 2.53. The van der Waals surface area contributed by atoms with Gasteiger partial charge in [-0.3, -0.25) is 4.79 Å². The van der Waals surface area contributed by atoms with Gasteiger partial charge in [0, 0.05) is 13.1 Å². The number of para-hydroxylation sites is 1. The van der Waals surface area contributed by atoms with Crippen LogP contribution in [0.2, 0.25) is 0 Å². The van der Waals surface area contributed by atoms with Crippen molar-refractivity contribution in [2.24, 2.45) is 0 Å². The standard InChI is InChI=1S/C18H21NO3/c1-2-21-18(20)11-12-19-14-15-7-6-10-17(13-15)22-16-8-4-3-5-9-16/h3-10,13,19H,2,11-12,14H2,1H3. The van der Waals surface area contributed by atoms with Crippen LogP contribution in [-0.4, -0.2) is 19.1 Å². The molecule has 0 aliphatic heterocycles. The molecule has 2 aromatic rings. The van der Waals surface area contributed by atoms with E-state index < -0.39 is 0 Å². The maximum absolute atomic E-state index is 11.2. The van der Waals surface area contributed by atoms with E-state index in [1.807, 2.05) is 61.5 Å². The van der Waals surface area contributed by atoms with Crippen molar-refractivity contribution in [3.8, 4) is 11.5 Å². The van der Waals surface area contributed by atoms with Crippen LogP contribution in [0.4, 0.5) is 0 Å². The lowest BCUT2D eigenvalue weighted by atomic mass is 10.2. The van der Waals surface area contributed by atoms with E-state index in [1.165, 1.54) is 0 Å². The van der Waals surface area contributed by atoms with Crippen LogP contribution in [0.25, 0.3) is 0 Å². The van der Waals surface area contributed by atoms with Gasteiger partial charge in [0.1, 0.15) is 11.5 Å². The third-order valence-electron chi connectivity index (χ3n) is 3.02. The Hall–Kier alpha value is -2.33. The van der Waals surface area contributed by atoms with Gasteiger partial charge in [-0.2, -0.15) is 0 Å². The number of carbonyl (C=O) groups is 1. The molecule has 0 saturated carbocycles. The Kier molecular flexibility index (Phi) is 6.45. The summed E-state index contributed by atoms with van der Waals surface area (Å²) >= 11 is 0. The predicted molar refractivity (Wildman–Crippen MR) is 85.9 cm³/mol. The van der Waals surface area contributed by atoms with Crippen molar-refractivity contribution in [3.05, 3.63) is 60.2 Å². The second-order valence-corrected chi connectivity index (χ2v) is 4.79. The summed E-state index contributed by atoms with van der Waals surface area (Å²) in [4.78, 5) is 11.2. The monoisotopic (exact) mass is 299 g/mol. The van der Waals surface area contributed by atoms with Crippen molar-refractivity contribution < 1.29 is 14.3 Å². The minimum atomic E-state index is -0.170. The molecule has 0 unspecified atom stereocenters. The smallest absolute Gasteiger partial charge is 0.307 e. The van der Waals surface area contributed by atoms with Crippen molar-refractivity contribution in [3.63, 3.8) is 0 Å². The molecule has 4 heteroatoms. The fourth-order valence-corrected chi connectivity index (χ4v) is 2.00. The molecule has 0 saturated heterocycles. The number of hydrogen-bond donors (Lipinski definition) is 1. The SMILES string of the molecule is CCOC(=O)CCNCc1cccc(Oc2ccccc2)c1. The van der Waals surface area contributed by atoms with E-state index in [0.29, 0.717) is 26.1 Å². The second kappa shape index (κ2) is 8.85. The van der Waals surface area contributed by atoms with Crippen molar-refractivity contribution >= 4 is 5.97 Å². The van der Waals surface area contributed by atoms with Crippen molar-refractivity contribution in [2.75, 3.05) is 13.2 Å². The number of esters is 1. The van der Waals surface area contributed by atoms with E-state index in [4.69, 9.17) is 9.47 Å². The second-order valence-electron chi connectivity index (χ2n) is 4.79. The molecule has 1 N–H and O–H groups in total. The molecule has 0 aliphatic rings. The number of rotatable bonds is 8. The summed E-state index contributed by atoms with van der Waals surface area (Å²) in [5.41, 5.74) is 1.11. The third kappa shape index (κ3) is 5.58. The van der Waals surface area contributed by atoms with Crippen LogP contribution in [0, 0.1) is 0 Å². The summed E-state index contributed by atoms with van der Waals surface area (Å²) in [6.45, 7) is 3.52. The zero-order chi connectivity index (χ0) is 15.6. The molecule has 2 rings (SSSR count). The van der Waals surface area contributed by atoms with Crippen molar-refractivity contribution in [1.29, 1.82) is 0 Å². The molecule has 0 amide bonds. The molecule has 0 atom stereocenters. The molecule has 0 heterocycles. The molecule has 22 heavy (non-hydrogen) atoms. The topological polar surface area (TPSA) is 47.6 Å². The van der Waals surface area contributed by atoms with Crippen LogP contribution in [0.15, 0.2) is 54.6 Å². The molecule has 0 fully saturated rings. The Labute approximate surface area is 131 Å². The summed E-state index contributed by atoms with van der Waals surface area (Å²) < 4.78 is 10.7. The Morgan fingerprint density at radius 3 is 2.59 bits per heavy atom. The molecular formula is C18H21NO3. The molecule has 4 nitrogen and oxygen atoms in total. The lowest BCUT2D eigenvalue weighted by molar-refractivity contribution is -0.142. The minimum Gasteiger partial charge on any atom is -0.466 e. The molecule has 0 aromatic heterocycles. The first-order valence-corrected chi connectivity index (χ1v) is 7.46. The maximum Gasteiger partial charge on any atom is 0.307 e. The number of benzene rings is 2. The first kappa shape index (κ1) is 16.0. The Morgan fingerprint density at radius 2 is 1.82 bits per heavy atom. The summed E-state index contributed by atoms with van der Waals surface area (Å²) in [5.74, 6) is 1.45. The highest BCUT2D eigenvalue weighted by atomic mass is 16.5. The van der Waals surface area contributed by atoms with Crippen LogP contribution in [0.5, 0.6) is 11.5 Å². The van der Waals surface area contributed by atoms with E-state index in [-0.39, 0.29) is 5.97 Å². The average molecular weight is 299 g/mol. The molecule has 0 aliphatic carbocycles. The third-order valence-corrected chi connectivity index (χ3v) is 3.02. The van der Waals surface area contributed by atoms with E-state index in [0.717, 1.165) is 17.1 Å². The van der Waals surface area contributed by atoms with Gasteiger partial charge in [-0.25, -0.2) is 0 Å². The van der Waals surface area contributed by atoms with Gasteiger partial charge < -0.3 is 14.8 Å². The lowest BCUT2D eigenvalue weighted by Gasteiger charge is -2.08. The number of nitrogens with one attached hydrogen (secondary N) is 1. The van der Waals surface area contributed by atoms with Crippen molar-refractivity contribution in [1.82, 2.24) is 5.32 Å². The Morgan fingerprint density at radius 1 is 1.05 bits per heavy atom. The van der Waals surface area contributed by atoms with Gasteiger partial charge in [0.15, 0.2) is 0 Å². The molecular weight excluding hydrogens is 278 g/mol. The first-order valence-electron chi connectivity index (χ1n) is 7.46. The van der Waals surface area contributed by atoms with Crippen molar-refractivity contribution in [2.45, 2.75) is 19.9 Å². The number of ether oxygens (including phenoxy) is 2. The van der Waals surface area contributed by atoms with Crippen LogP contribution in [0.1, 0.15) is 18.9 Å². The Balaban J connectivity index is 1.80. The fraction of sp³-hybridized carbons (Fsp3) is 0.278. The molecule has 116 valence electrons. The van der Waals surface area contributed by atoms with E-state index >= 15 is 0 Å². The van der Waals surface area contributed by atoms with Gasteiger partial charge in [-0.05, 0) is 36.8 Å². The summed E-state index contributed by atoms with van der Waals surface area (Å²) in [6, 6.07) is 17.6. The number of hydrogen-bond acceptors (Lipinski definition) is 4. The molecule has 2 aromatic carbocycles. The highest BCUT2D eigenvalue weighted by Crippen LogP contribution is 2.21. The van der Waals surface area contributed by atoms with Crippen LogP contribution in [-0.2, 0) is 16.1 Å². The zero-order valence-corrected chi connectivity index (χ0v) is 12.7. The van der Waals surface area contributed by atoms with Gasteiger partial charge in [-0.1, -0.05) is 30.3 Å². The maximum atomic E-state index is 11.2. The highest BCUT2D eigenvalue weighted by Gasteiger charge is 2.02. The van der Waals surface area contributed by atoms with E-state index in [1.54, 1.807) is 0 Å². The molecule has 0 radical (unpaired) electrons. The van der Waals surface area contributed by atoms with Gasteiger partial charge >= 0.3 is 5.97 Å². The van der Waals surface area contributed by atoms with Gasteiger partial charge in [-0.15, -0.1) is 0 Å². The zero-order valence-electron chi connectivity index (χ0n) is 12.7. The molecule has 0 spiro atoms. The van der Waals surface area contributed by atoms with Gasteiger partial charge in [0.05, 0.1) is 13.0 Å². The normalized spacial score (nSPS) is 10.2. The van der Waals surface area contributed by atoms with E-state index in [2.05, 4.69) is 5.32 Å². The number of carbonyl (C=O) groups excluding carboxylic acids is 1. The lowest BCUT2D eigenvalue weighted by Crippen LogP contribution is -2.19. The molecule has 0 bridgehead atoms. The van der Waals surface area contributed by atoms with Gasteiger partial charge in [0.2, 0.25) is 0 Å². The Bertz CT molecular complexity index is 584. The highest BCUT2D eigenvalue weighted by molar-refractivity contribution is 5.69. The quantitative estimate of drug-likeness (QED) is 0.598. The fourth-order valence-electron chi connectivity index (χ4n) is 2.00. The van der Waals surface area contributed by atoms with Crippen LogP contribution >= 0.6 is 0 Å². The predicted octanol–water partition coefficient (Wildman–Crippen LogP) is 3.52. The summed E-state index contributed by atoms with van der Waals surface area (Å²) in [7, 11) is 0. The first-order chi connectivity index (χ1) is 10.8.